The van der Waals surface area contributed by atoms with Crippen molar-refractivity contribution in [2.45, 2.75) is 12.5 Å². The van der Waals surface area contributed by atoms with Crippen LogP contribution in [0.5, 0.6) is 5.75 Å². The van der Waals surface area contributed by atoms with Crippen LogP contribution in [0.1, 0.15) is 17.2 Å². The van der Waals surface area contributed by atoms with Gasteiger partial charge in [-0.05, 0) is 47.9 Å². The Labute approximate surface area is 125 Å². The highest BCUT2D eigenvalue weighted by Crippen LogP contribution is 2.30. The van der Waals surface area contributed by atoms with Gasteiger partial charge in [-0.2, -0.15) is 0 Å². The minimum atomic E-state index is -0.144. The van der Waals surface area contributed by atoms with Gasteiger partial charge in [-0.3, -0.25) is 11.3 Å². The molecule has 0 amide bonds. The number of methoxy groups -OCH3 is 1. The van der Waals surface area contributed by atoms with E-state index in [1.165, 1.54) is 0 Å². The van der Waals surface area contributed by atoms with Crippen molar-refractivity contribution in [3.05, 3.63) is 51.3 Å². The minimum absolute atomic E-state index is 0.144. The lowest BCUT2D eigenvalue weighted by Gasteiger charge is -2.17. The molecular weight excluding hydrogens is 332 g/mol. The lowest BCUT2D eigenvalue weighted by atomic mass is 10.0. The van der Waals surface area contributed by atoms with Gasteiger partial charge < -0.3 is 9.15 Å². The molecule has 3 N–H and O–H groups in total. The van der Waals surface area contributed by atoms with Crippen LogP contribution in [-0.2, 0) is 6.42 Å². The molecule has 1 aromatic carbocycles. The molecule has 6 heteroatoms. The molecule has 1 unspecified atom stereocenters. The largest absolute Gasteiger partial charge is 0.496 e. The Morgan fingerprint density at radius 1 is 1.47 bits per heavy atom. The van der Waals surface area contributed by atoms with Gasteiger partial charge in [0.15, 0.2) is 5.22 Å². The zero-order valence-electron chi connectivity index (χ0n) is 10.3. The van der Waals surface area contributed by atoms with Gasteiger partial charge in [0, 0.05) is 10.0 Å². The summed E-state index contributed by atoms with van der Waals surface area (Å²) in [7, 11) is 1.64. The number of hydrazine groups is 1. The maximum atomic E-state index is 5.98. The number of nitrogens with two attached hydrogens (primary N) is 1. The van der Waals surface area contributed by atoms with E-state index in [0.29, 0.717) is 11.6 Å². The van der Waals surface area contributed by atoms with Crippen molar-refractivity contribution >= 4 is 27.5 Å². The highest BCUT2D eigenvalue weighted by Gasteiger charge is 2.18. The second-order valence-electron chi connectivity index (χ2n) is 4.03. The van der Waals surface area contributed by atoms with Crippen molar-refractivity contribution in [1.82, 2.24) is 5.43 Å². The normalized spacial score (nSPS) is 12.4. The van der Waals surface area contributed by atoms with Crippen molar-refractivity contribution in [1.29, 1.82) is 0 Å². The summed E-state index contributed by atoms with van der Waals surface area (Å²) in [6.07, 6.45) is 2.18. The van der Waals surface area contributed by atoms with Gasteiger partial charge in [-0.25, -0.2) is 0 Å². The highest BCUT2D eigenvalue weighted by atomic mass is 79.9. The van der Waals surface area contributed by atoms with Crippen LogP contribution in [0.4, 0.5) is 0 Å². The third-order valence-corrected chi connectivity index (χ3v) is 3.69. The summed E-state index contributed by atoms with van der Waals surface area (Å²) in [5.74, 6) is 6.42. The molecule has 1 atom stereocenters. The van der Waals surface area contributed by atoms with Gasteiger partial charge in [0.25, 0.3) is 0 Å². The molecule has 0 aliphatic carbocycles. The summed E-state index contributed by atoms with van der Waals surface area (Å²) in [6.45, 7) is 0. The van der Waals surface area contributed by atoms with Crippen LogP contribution in [0.25, 0.3) is 0 Å². The number of rotatable bonds is 5. The fourth-order valence-electron chi connectivity index (χ4n) is 1.94. The van der Waals surface area contributed by atoms with Gasteiger partial charge in [0.05, 0.1) is 19.4 Å². The van der Waals surface area contributed by atoms with Crippen LogP contribution >= 0.6 is 27.5 Å². The maximum absolute atomic E-state index is 5.98. The van der Waals surface area contributed by atoms with E-state index in [2.05, 4.69) is 21.4 Å². The Kier molecular flexibility index (Phi) is 4.87. The van der Waals surface area contributed by atoms with Crippen LogP contribution in [0.3, 0.4) is 0 Å². The number of halogens is 2. The van der Waals surface area contributed by atoms with Crippen molar-refractivity contribution in [3.63, 3.8) is 0 Å². The molecule has 102 valence electrons. The maximum Gasteiger partial charge on any atom is 0.197 e. The van der Waals surface area contributed by atoms with E-state index in [1.807, 2.05) is 18.2 Å². The van der Waals surface area contributed by atoms with Crippen molar-refractivity contribution in [3.8, 4) is 5.75 Å². The van der Waals surface area contributed by atoms with Crippen LogP contribution in [0, 0.1) is 0 Å². The molecule has 0 aliphatic rings. The van der Waals surface area contributed by atoms with E-state index in [-0.39, 0.29) is 6.04 Å². The fraction of sp³-hybridized carbons (Fsp3) is 0.231. The molecule has 4 nitrogen and oxygen atoms in total. The third kappa shape index (κ3) is 3.30. The first-order valence-corrected chi connectivity index (χ1v) is 6.84. The summed E-state index contributed by atoms with van der Waals surface area (Å²) in [4.78, 5) is 0. The second kappa shape index (κ2) is 6.43. The lowest BCUT2D eigenvalue weighted by molar-refractivity contribution is 0.405. The quantitative estimate of drug-likeness (QED) is 0.643. The monoisotopic (exact) mass is 344 g/mol. The number of nitrogens with one attached hydrogen (secondary N) is 1. The molecule has 2 aromatic rings. The van der Waals surface area contributed by atoms with Crippen molar-refractivity contribution in [2.75, 3.05) is 7.11 Å². The molecule has 0 saturated heterocycles. The molecule has 0 bridgehead atoms. The fourth-order valence-corrected chi connectivity index (χ4v) is 2.59. The summed E-state index contributed by atoms with van der Waals surface area (Å²) in [6, 6.07) is 7.49. The molecule has 2 rings (SSSR count). The Hall–Kier alpha value is -1.01. The van der Waals surface area contributed by atoms with Crippen LogP contribution in [-0.4, -0.2) is 7.11 Å². The molecule has 19 heavy (non-hydrogen) atoms. The predicted octanol–water partition coefficient (Wildman–Crippen LogP) is 3.45. The molecule has 0 spiro atoms. The smallest absolute Gasteiger partial charge is 0.197 e. The molecule has 0 aliphatic heterocycles. The first kappa shape index (κ1) is 14.4. The van der Waals surface area contributed by atoms with Crippen molar-refractivity contribution < 1.29 is 9.15 Å². The Bertz CT molecular complexity index is 559. The predicted molar refractivity (Wildman–Crippen MR) is 78.2 cm³/mol. The lowest BCUT2D eigenvalue weighted by Crippen LogP contribution is -2.29. The van der Waals surface area contributed by atoms with E-state index in [9.17, 15) is 0 Å². The first-order chi connectivity index (χ1) is 9.15. The summed E-state index contributed by atoms with van der Waals surface area (Å²) >= 11 is 9.43. The molecule has 0 fully saturated rings. The standard InChI is InChI=1S/C13H14BrClN2O2/c1-18-12-3-2-9(14)6-8(12)7-11(17-16)10-4-5-19-13(10)15/h2-6,11,17H,7,16H2,1H3. The van der Waals surface area contributed by atoms with Crippen LogP contribution in [0.2, 0.25) is 5.22 Å². The second-order valence-corrected chi connectivity index (χ2v) is 5.29. The Morgan fingerprint density at radius 3 is 2.84 bits per heavy atom. The zero-order valence-corrected chi connectivity index (χ0v) is 12.7. The van der Waals surface area contributed by atoms with Crippen LogP contribution < -0.4 is 16.0 Å². The molecule has 0 radical (unpaired) electrons. The summed E-state index contributed by atoms with van der Waals surface area (Å²) in [5, 5.41) is 0.344. The third-order valence-electron chi connectivity index (χ3n) is 2.89. The number of benzene rings is 1. The van der Waals surface area contributed by atoms with Gasteiger partial charge in [0.2, 0.25) is 0 Å². The minimum Gasteiger partial charge on any atom is -0.496 e. The SMILES string of the molecule is COc1ccc(Br)cc1CC(NN)c1ccoc1Cl. The average molecular weight is 346 g/mol. The molecule has 1 heterocycles. The topological polar surface area (TPSA) is 60.4 Å². The summed E-state index contributed by atoms with van der Waals surface area (Å²) in [5.41, 5.74) is 4.60. The van der Waals surface area contributed by atoms with E-state index in [0.717, 1.165) is 21.3 Å². The number of furan rings is 1. The van der Waals surface area contributed by atoms with E-state index >= 15 is 0 Å². The van der Waals surface area contributed by atoms with Gasteiger partial charge in [0.1, 0.15) is 5.75 Å². The first-order valence-electron chi connectivity index (χ1n) is 5.67. The van der Waals surface area contributed by atoms with E-state index in [4.69, 9.17) is 26.6 Å². The van der Waals surface area contributed by atoms with Gasteiger partial charge in [-0.15, -0.1) is 0 Å². The van der Waals surface area contributed by atoms with Gasteiger partial charge >= 0.3 is 0 Å². The number of hydrogen-bond donors (Lipinski definition) is 2. The molecule has 0 saturated carbocycles. The number of ether oxygens (including phenoxy) is 1. The van der Waals surface area contributed by atoms with E-state index in [1.54, 1.807) is 19.4 Å². The summed E-state index contributed by atoms with van der Waals surface area (Å²) < 4.78 is 11.4. The average Bonchev–Trinajstić information content (AvgIpc) is 2.82. The highest BCUT2D eigenvalue weighted by molar-refractivity contribution is 9.10. The van der Waals surface area contributed by atoms with Gasteiger partial charge in [-0.1, -0.05) is 15.9 Å². The Balaban J connectivity index is 2.28. The number of hydrogen-bond acceptors (Lipinski definition) is 4. The molecule has 1 aromatic heterocycles. The zero-order chi connectivity index (χ0) is 13.8. The van der Waals surface area contributed by atoms with Crippen molar-refractivity contribution in [2.24, 2.45) is 5.84 Å². The molecular formula is C13H14BrClN2O2. The van der Waals surface area contributed by atoms with Crippen LogP contribution in [0.15, 0.2) is 39.4 Å². The Morgan fingerprint density at radius 2 is 2.26 bits per heavy atom. The van der Waals surface area contributed by atoms with E-state index < -0.39 is 0 Å².